The molecule has 1 aliphatic heterocycles. The zero-order valence-electron chi connectivity index (χ0n) is 20.9. The van der Waals surface area contributed by atoms with Crippen molar-refractivity contribution >= 4 is 54.8 Å². The van der Waals surface area contributed by atoms with Gasteiger partial charge in [-0.3, -0.25) is 10.2 Å². The molecule has 12 heteroatoms. The summed E-state index contributed by atoms with van der Waals surface area (Å²) in [6.07, 6.45) is 0. The molecular formula is C25H29ClN4O5S2. The lowest BCUT2D eigenvalue weighted by molar-refractivity contribution is 0.0694. The summed E-state index contributed by atoms with van der Waals surface area (Å²) in [5, 5.41) is 9.80. The number of ether oxygens (including phenoxy) is 2. The Morgan fingerprint density at radius 2 is 1.84 bits per heavy atom. The van der Waals surface area contributed by atoms with Crippen molar-refractivity contribution < 1.29 is 22.7 Å². The van der Waals surface area contributed by atoms with Crippen molar-refractivity contribution in [3.05, 3.63) is 58.6 Å². The Labute approximate surface area is 225 Å². The molecule has 1 aliphatic rings. The van der Waals surface area contributed by atoms with Crippen LogP contribution >= 0.6 is 22.9 Å². The Balaban J connectivity index is 1.45. The molecule has 0 spiro atoms. The van der Waals surface area contributed by atoms with Gasteiger partial charge in [0.2, 0.25) is 0 Å². The van der Waals surface area contributed by atoms with Crippen LogP contribution in [-0.4, -0.2) is 94.9 Å². The summed E-state index contributed by atoms with van der Waals surface area (Å²) in [6, 6.07) is 12.0. The first-order valence-electron chi connectivity index (χ1n) is 11.6. The lowest BCUT2D eigenvalue weighted by atomic mass is 10.1. The predicted octanol–water partition coefficient (Wildman–Crippen LogP) is 3.61. The Bertz CT molecular complexity index is 1420. The van der Waals surface area contributed by atoms with Gasteiger partial charge in [-0.2, -0.15) is 4.31 Å². The fourth-order valence-corrected chi connectivity index (χ4v) is 7.36. The molecular weight excluding hydrogens is 536 g/mol. The molecule has 0 aliphatic carbocycles. The Kier molecular flexibility index (Phi) is 8.39. The van der Waals surface area contributed by atoms with E-state index in [2.05, 4.69) is 0 Å². The van der Waals surface area contributed by atoms with Gasteiger partial charge in [0.05, 0.1) is 19.3 Å². The number of benzene rings is 2. The second-order valence-electron chi connectivity index (χ2n) is 8.62. The molecule has 3 aromatic rings. The van der Waals surface area contributed by atoms with Crippen LogP contribution in [0, 0.1) is 5.41 Å². The lowest BCUT2D eigenvalue weighted by Gasteiger charge is -2.34. The highest BCUT2D eigenvalue weighted by Crippen LogP contribution is 2.33. The molecule has 37 heavy (non-hydrogen) atoms. The number of piperazine rings is 1. The minimum atomic E-state index is -3.68. The number of hydrogen-bond acceptors (Lipinski definition) is 7. The summed E-state index contributed by atoms with van der Waals surface area (Å²) >= 11 is 7.24. The molecule has 1 fully saturated rings. The van der Waals surface area contributed by atoms with E-state index in [-0.39, 0.29) is 42.1 Å². The largest absolute Gasteiger partial charge is 0.496 e. The lowest BCUT2D eigenvalue weighted by Crippen LogP contribution is -2.50. The second kappa shape index (κ2) is 11.4. The standard InChI is InChI=1S/C25H29ClN4O5S2/c1-28(12-13-34-2)24(27)18-5-7-20(21(14-18)35-3)25(31)29-8-10-30(11-9-29)37(32,33)23-15-17-4-6-19(26)16-22(17)36-23/h4-7,14-16,27H,8-13H2,1-3H3. The maximum absolute atomic E-state index is 13.3. The van der Waals surface area contributed by atoms with Gasteiger partial charge < -0.3 is 19.3 Å². The van der Waals surface area contributed by atoms with Gasteiger partial charge in [0.15, 0.2) is 0 Å². The van der Waals surface area contributed by atoms with E-state index in [1.807, 2.05) is 6.07 Å². The fourth-order valence-electron chi connectivity index (χ4n) is 4.11. The minimum absolute atomic E-state index is 0.193. The number of carbonyl (C=O) groups excluding carboxylic acids is 1. The van der Waals surface area contributed by atoms with Crippen LogP contribution in [0.25, 0.3) is 10.1 Å². The number of likely N-dealkylation sites (N-methyl/N-ethyl adjacent to an activating group) is 1. The van der Waals surface area contributed by atoms with Gasteiger partial charge in [-0.25, -0.2) is 8.42 Å². The van der Waals surface area contributed by atoms with Crippen LogP contribution in [0.4, 0.5) is 0 Å². The summed E-state index contributed by atoms with van der Waals surface area (Å²) in [7, 11) is 1.21. The topological polar surface area (TPSA) is 103 Å². The van der Waals surface area contributed by atoms with Gasteiger partial charge in [-0.05, 0) is 35.7 Å². The molecule has 0 unspecified atom stereocenters. The summed E-state index contributed by atoms with van der Waals surface area (Å²) < 4.78 is 39.6. The number of hydrogen-bond donors (Lipinski definition) is 1. The monoisotopic (exact) mass is 564 g/mol. The van der Waals surface area contributed by atoms with Crippen molar-refractivity contribution in [1.29, 1.82) is 5.41 Å². The SMILES string of the molecule is COCCN(C)C(=N)c1ccc(C(=O)N2CCN(S(=O)(=O)c3cc4ccc(Cl)cc4s3)CC2)c(OC)c1. The van der Waals surface area contributed by atoms with Crippen LogP contribution in [0.2, 0.25) is 5.02 Å². The second-order valence-corrected chi connectivity index (χ2v) is 12.3. The molecule has 4 rings (SSSR count). The quantitative estimate of drug-likeness (QED) is 0.331. The van der Waals surface area contributed by atoms with Crippen LogP contribution < -0.4 is 4.74 Å². The average Bonchev–Trinajstić information content (AvgIpc) is 3.34. The fraction of sp³-hybridized carbons (Fsp3) is 0.360. The third kappa shape index (κ3) is 5.75. The van der Waals surface area contributed by atoms with Crippen LogP contribution in [0.1, 0.15) is 15.9 Å². The number of rotatable bonds is 8. The number of nitrogens with zero attached hydrogens (tertiary/aromatic N) is 3. The van der Waals surface area contributed by atoms with E-state index in [0.29, 0.717) is 35.1 Å². The molecule has 1 saturated heterocycles. The van der Waals surface area contributed by atoms with Gasteiger partial charge in [-0.15, -0.1) is 11.3 Å². The summed E-state index contributed by atoms with van der Waals surface area (Å²) in [5.74, 6) is 0.416. The predicted molar refractivity (Wildman–Crippen MR) is 146 cm³/mol. The minimum Gasteiger partial charge on any atom is -0.496 e. The van der Waals surface area contributed by atoms with Gasteiger partial charge in [-0.1, -0.05) is 23.7 Å². The smallest absolute Gasteiger partial charge is 0.257 e. The summed E-state index contributed by atoms with van der Waals surface area (Å²) in [5.41, 5.74) is 0.990. The Hall–Kier alpha value is -2.70. The molecule has 0 bridgehead atoms. The zero-order chi connectivity index (χ0) is 26.7. The highest BCUT2D eigenvalue weighted by atomic mass is 35.5. The van der Waals surface area contributed by atoms with Crippen molar-refractivity contribution in [3.63, 3.8) is 0 Å². The highest BCUT2D eigenvalue weighted by molar-refractivity contribution is 7.91. The third-order valence-corrected chi connectivity index (χ3v) is 9.98. The molecule has 2 heterocycles. The first-order chi connectivity index (χ1) is 17.6. The van der Waals surface area contributed by atoms with Gasteiger partial charge in [0.25, 0.3) is 15.9 Å². The number of methoxy groups -OCH3 is 2. The van der Waals surface area contributed by atoms with Gasteiger partial charge in [0.1, 0.15) is 15.8 Å². The van der Waals surface area contributed by atoms with Crippen molar-refractivity contribution in [2.45, 2.75) is 4.21 Å². The van der Waals surface area contributed by atoms with E-state index in [1.165, 1.54) is 22.8 Å². The van der Waals surface area contributed by atoms with E-state index in [9.17, 15) is 13.2 Å². The van der Waals surface area contributed by atoms with Crippen molar-refractivity contribution in [2.75, 3.05) is 60.6 Å². The molecule has 198 valence electrons. The number of nitrogens with one attached hydrogen (secondary N) is 1. The molecule has 0 radical (unpaired) electrons. The van der Waals surface area contributed by atoms with Crippen molar-refractivity contribution in [1.82, 2.24) is 14.1 Å². The summed E-state index contributed by atoms with van der Waals surface area (Å²) in [6.45, 7) is 1.95. The Morgan fingerprint density at radius 1 is 1.11 bits per heavy atom. The maximum Gasteiger partial charge on any atom is 0.257 e. The van der Waals surface area contributed by atoms with Gasteiger partial charge in [0, 0.05) is 62.2 Å². The molecule has 9 nitrogen and oxygen atoms in total. The van der Waals surface area contributed by atoms with Crippen molar-refractivity contribution in [2.24, 2.45) is 0 Å². The third-order valence-electron chi connectivity index (χ3n) is 6.30. The number of amides is 1. The van der Waals surface area contributed by atoms with E-state index in [1.54, 1.807) is 60.4 Å². The number of carbonyl (C=O) groups is 1. The first-order valence-corrected chi connectivity index (χ1v) is 14.2. The highest BCUT2D eigenvalue weighted by Gasteiger charge is 2.32. The van der Waals surface area contributed by atoms with E-state index in [0.717, 1.165) is 10.1 Å². The maximum atomic E-state index is 13.3. The van der Waals surface area contributed by atoms with Crippen LogP contribution in [0.3, 0.4) is 0 Å². The number of fused-ring (bicyclic) bond motifs is 1. The molecule has 1 aromatic heterocycles. The number of thiophene rings is 1. The van der Waals surface area contributed by atoms with Gasteiger partial charge >= 0.3 is 0 Å². The van der Waals surface area contributed by atoms with E-state index >= 15 is 0 Å². The zero-order valence-corrected chi connectivity index (χ0v) is 23.3. The average molecular weight is 565 g/mol. The van der Waals surface area contributed by atoms with Crippen LogP contribution in [-0.2, 0) is 14.8 Å². The molecule has 1 amide bonds. The van der Waals surface area contributed by atoms with Crippen LogP contribution in [0.15, 0.2) is 46.7 Å². The number of amidine groups is 1. The van der Waals surface area contributed by atoms with E-state index < -0.39 is 10.0 Å². The number of halogens is 1. The van der Waals surface area contributed by atoms with Crippen LogP contribution in [0.5, 0.6) is 5.75 Å². The number of sulfonamides is 1. The molecule has 2 aromatic carbocycles. The Morgan fingerprint density at radius 3 is 2.51 bits per heavy atom. The molecule has 0 atom stereocenters. The first kappa shape index (κ1) is 27.3. The normalized spacial score (nSPS) is 14.6. The molecule has 1 N–H and O–H groups in total. The van der Waals surface area contributed by atoms with E-state index in [4.69, 9.17) is 26.5 Å². The summed E-state index contributed by atoms with van der Waals surface area (Å²) in [4.78, 5) is 16.7. The van der Waals surface area contributed by atoms with Crippen molar-refractivity contribution in [3.8, 4) is 5.75 Å². The molecule has 0 saturated carbocycles.